The first-order valence-electron chi connectivity index (χ1n) is 11.6. The molecular formula is C28H25BrN2O6. The first-order chi connectivity index (χ1) is 17.9. The number of benzene rings is 3. The Bertz CT molecular complexity index is 1340. The Hall–Kier alpha value is -4.11. The molecule has 0 atom stereocenters. The third-order valence-electron chi connectivity index (χ3n) is 5.38. The van der Waals surface area contributed by atoms with Gasteiger partial charge in [-0.3, -0.25) is 14.9 Å². The normalized spacial score (nSPS) is 14.5. The van der Waals surface area contributed by atoms with Crippen LogP contribution in [0.4, 0.5) is 10.5 Å². The van der Waals surface area contributed by atoms with Gasteiger partial charge in [-0.2, -0.15) is 0 Å². The number of carbonyl (C=O) groups excluding carboxylic acids is 3. The Labute approximate surface area is 223 Å². The molecule has 3 aromatic carbocycles. The highest BCUT2D eigenvalue weighted by Gasteiger charge is 2.36. The molecular weight excluding hydrogens is 540 g/mol. The van der Waals surface area contributed by atoms with Gasteiger partial charge in [-0.05, 0) is 77.8 Å². The van der Waals surface area contributed by atoms with Crippen molar-refractivity contribution in [2.75, 3.05) is 24.7 Å². The van der Waals surface area contributed by atoms with Crippen molar-refractivity contribution in [1.82, 2.24) is 5.32 Å². The molecule has 1 aliphatic rings. The summed E-state index contributed by atoms with van der Waals surface area (Å²) in [6.45, 7) is 4.70. The number of imide groups is 2. The van der Waals surface area contributed by atoms with Gasteiger partial charge >= 0.3 is 6.03 Å². The lowest BCUT2D eigenvalue weighted by atomic mass is 10.1. The van der Waals surface area contributed by atoms with E-state index in [0.717, 1.165) is 16.2 Å². The highest BCUT2D eigenvalue weighted by molar-refractivity contribution is 9.10. The number of urea groups is 1. The molecule has 9 heteroatoms. The smallest absolute Gasteiger partial charge is 0.335 e. The second-order valence-electron chi connectivity index (χ2n) is 8.07. The van der Waals surface area contributed by atoms with E-state index in [-0.39, 0.29) is 12.2 Å². The molecule has 1 saturated heterocycles. The first-order valence-corrected chi connectivity index (χ1v) is 12.4. The van der Waals surface area contributed by atoms with Gasteiger partial charge in [-0.1, -0.05) is 35.9 Å². The maximum atomic E-state index is 13.2. The van der Waals surface area contributed by atoms with E-state index >= 15 is 0 Å². The molecule has 0 aromatic heterocycles. The molecule has 4 amide bonds. The molecule has 1 N–H and O–H groups in total. The Balaban J connectivity index is 1.56. The van der Waals surface area contributed by atoms with Crippen LogP contribution in [0, 0.1) is 6.92 Å². The minimum absolute atomic E-state index is 0.181. The largest absolute Gasteiger partial charge is 0.490 e. The Morgan fingerprint density at radius 3 is 2.32 bits per heavy atom. The van der Waals surface area contributed by atoms with Crippen molar-refractivity contribution < 1.29 is 28.6 Å². The maximum absolute atomic E-state index is 13.2. The van der Waals surface area contributed by atoms with Crippen LogP contribution in [0.15, 0.2) is 76.8 Å². The lowest BCUT2D eigenvalue weighted by Crippen LogP contribution is -2.54. The summed E-state index contributed by atoms with van der Waals surface area (Å²) in [5.74, 6) is 0.150. The summed E-state index contributed by atoms with van der Waals surface area (Å²) >= 11 is 3.50. The molecule has 190 valence electrons. The van der Waals surface area contributed by atoms with E-state index in [9.17, 15) is 14.4 Å². The van der Waals surface area contributed by atoms with Crippen LogP contribution < -0.4 is 24.4 Å². The van der Waals surface area contributed by atoms with Gasteiger partial charge in [-0.15, -0.1) is 0 Å². The summed E-state index contributed by atoms with van der Waals surface area (Å²) in [7, 11) is 0. The zero-order valence-electron chi connectivity index (χ0n) is 20.3. The van der Waals surface area contributed by atoms with Crippen LogP contribution in [-0.4, -0.2) is 37.7 Å². The van der Waals surface area contributed by atoms with Crippen LogP contribution in [0.5, 0.6) is 17.2 Å². The predicted octanol–water partition coefficient (Wildman–Crippen LogP) is 5.28. The number of nitrogens with zero attached hydrogens (tertiary/aromatic N) is 1. The predicted molar refractivity (Wildman–Crippen MR) is 143 cm³/mol. The second kappa shape index (κ2) is 11.7. The molecule has 1 heterocycles. The lowest BCUT2D eigenvalue weighted by molar-refractivity contribution is -0.122. The van der Waals surface area contributed by atoms with Gasteiger partial charge in [0.2, 0.25) is 0 Å². The van der Waals surface area contributed by atoms with E-state index in [4.69, 9.17) is 14.2 Å². The van der Waals surface area contributed by atoms with Crippen LogP contribution in [0.25, 0.3) is 6.08 Å². The molecule has 8 nitrogen and oxygen atoms in total. The number of rotatable bonds is 9. The van der Waals surface area contributed by atoms with E-state index in [1.807, 2.05) is 44.2 Å². The maximum Gasteiger partial charge on any atom is 0.335 e. The molecule has 0 spiro atoms. The summed E-state index contributed by atoms with van der Waals surface area (Å²) in [6, 6.07) is 18.9. The average molecular weight is 565 g/mol. The van der Waals surface area contributed by atoms with Gasteiger partial charge < -0.3 is 14.2 Å². The quantitative estimate of drug-likeness (QED) is 0.216. The fourth-order valence-electron chi connectivity index (χ4n) is 3.65. The van der Waals surface area contributed by atoms with Gasteiger partial charge in [0.15, 0.2) is 11.5 Å². The minimum Gasteiger partial charge on any atom is -0.490 e. The van der Waals surface area contributed by atoms with Gasteiger partial charge in [0, 0.05) is 0 Å². The van der Waals surface area contributed by atoms with Gasteiger partial charge in [0.25, 0.3) is 11.8 Å². The fourth-order valence-corrected chi connectivity index (χ4v) is 4.22. The van der Waals surface area contributed by atoms with Crippen LogP contribution in [0.1, 0.15) is 18.1 Å². The number of aryl methyl sites for hydroxylation is 1. The van der Waals surface area contributed by atoms with Crippen molar-refractivity contribution in [3.05, 3.63) is 87.9 Å². The van der Waals surface area contributed by atoms with Crippen LogP contribution in [0.3, 0.4) is 0 Å². The Morgan fingerprint density at radius 1 is 0.919 bits per heavy atom. The van der Waals surface area contributed by atoms with Crippen LogP contribution >= 0.6 is 15.9 Å². The van der Waals surface area contributed by atoms with Crippen molar-refractivity contribution >= 4 is 45.5 Å². The van der Waals surface area contributed by atoms with Crippen LogP contribution in [0.2, 0.25) is 0 Å². The zero-order valence-corrected chi connectivity index (χ0v) is 21.9. The van der Waals surface area contributed by atoms with Crippen molar-refractivity contribution in [3.63, 3.8) is 0 Å². The number of barbiturate groups is 1. The highest BCUT2D eigenvalue weighted by atomic mass is 79.9. The summed E-state index contributed by atoms with van der Waals surface area (Å²) in [4.78, 5) is 39.1. The minimum atomic E-state index is -0.798. The number of nitrogens with one attached hydrogen (secondary N) is 1. The summed E-state index contributed by atoms with van der Waals surface area (Å²) in [5, 5.41) is 2.23. The Morgan fingerprint density at radius 2 is 1.62 bits per heavy atom. The average Bonchev–Trinajstić information content (AvgIpc) is 2.87. The van der Waals surface area contributed by atoms with Gasteiger partial charge in [-0.25, -0.2) is 9.69 Å². The van der Waals surface area contributed by atoms with E-state index in [1.165, 1.54) is 6.08 Å². The highest BCUT2D eigenvalue weighted by Crippen LogP contribution is 2.38. The van der Waals surface area contributed by atoms with E-state index < -0.39 is 17.8 Å². The molecule has 0 unspecified atom stereocenters. The molecule has 0 aliphatic carbocycles. The second-order valence-corrected chi connectivity index (χ2v) is 8.92. The molecule has 37 heavy (non-hydrogen) atoms. The lowest BCUT2D eigenvalue weighted by Gasteiger charge is -2.26. The van der Waals surface area contributed by atoms with Crippen molar-refractivity contribution in [2.45, 2.75) is 13.8 Å². The SMILES string of the molecule is CCOc1cc(/C=C2/C(=O)NC(=O)N(c3ccc(C)cc3)C2=O)cc(Br)c1OCCOc1ccccc1. The molecule has 0 radical (unpaired) electrons. The molecule has 4 rings (SSSR count). The number of halogens is 1. The van der Waals surface area contributed by atoms with Crippen molar-refractivity contribution in [3.8, 4) is 17.2 Å². The van der Waals surface area contributed by atoms with Crippen LogP contribution in [-0.2, 0) is 9.59 Å². The molecule has 3 aromatic rings. The fraction of sp³-hybridized carbons (Fsp3) is 0.179. The number of para-hydroxylation sites is 1. The van der Waals surface area contributed by atoms with Crippen molar-refractivity contribution in [1.29, 1.82) is 0 Å². The molecule has 1 aliphatic heterocycles. The molecule has 0 saturated carbocycles. The van der Waals surface area contributed by atoms with Crippen molar-refractivity contribution in [2.24, 2.45) is 0 Å². The summed E-state index contributed by atoms with van der Waals surface area (Å²) in [5.41, 5.74) is 1.67. The topological polar surface area (TPSA) is 94.2 Å². The first kappa shape index (κ1) is 26.0. The summed E-state index contributed by atoms with van der Waals surface area (Å²) in [6.07, 6.45) is 1.42. The Kier molecular flexibility index (Phi) is 8.25. The number of hydrogen-bond acceptors (Lipinski definition) is 6. The van der Waals surface area contributed by atoms with E-state index in [1.54, 1.807) is 36.4 Å². The van der Waals surface area contributed by atoms with Gasteiger partial charge in [0.1, 0.15) is 24.5 Å². The molecule has 0 bridgehead atoms. The molecule has 1 fully saturated rings. The monoisotopic (exact) mass is 564 g/mol. The van der Waals surface area contributed by atoms with E-state index in [2.05, 4.69) is 21.2 Å². The third-order valence-corrected chi connectivity index (χ3v) is 5.97. The summed E-state index contributed by atoms with van der Waals surface area (Å²) < 4.78 is 17.9. The standard InChI is InChI=1S/C28H25BrN2O6/c1-3-35-24-17-19(16-23(29)25(24)37-14-13-36-21-7-5-4-6-8-21)15-22-26(32)30-28(34)31(27(22)33)20-11-9-18(2)10-12-20/h4-12,15-17H,3,13-14H2,1-2H3,(H,30,32,34)/b22-15-. The van der Waals surface area contributed by atoms with Gasteiger partial charge in [0.05, 0.1) is 16.8 Å². The number of carbonyl (C=O) groups is 3. The number of anilines is 1. The number of amides is 4. The third kappa shape index (κ3) is 6.18. The zero-order chi connectivity index (χ0) is 26.4. The number of ether oxygens (including phenoxy) is 3. The number of hydrogen-bond donors (Lipinski definition) is 1. The van der Waals surface area contributed by atoms with E-state index in [0.29, 0.717) is 40.4 Å².